The highest BCUT2D eigenvalue weighted by molar-refractivity contribution is 5.99. The van der Waals surface area contributed by atoms with Crippen LogP contribution in [-0.4, -0.2) is 33.2 Å². The number of hydrogen-bond acceptors (Lipinski definition) is 6. The van der Waals surface area contributed by atoms with E-state index in [0.29, 0.717) is 23.8 Å². The van der Waals surface area contributed by atoms with E-state index >= 15 is 0 Å². The molecule has 7 heteroatoms. The van der Waals surface area contributed by atoms with Crippen LogP contribution in [-0.2, 0) is 0 Å². The summed E-state index contributed by atoms with van der Waals surface area (Å²) in [6.07, 6.45) is 12.3. The highest BCUT2D eigenvalue weighted by Gasteiger charge is 2.25. The normalized spacial score (nSPS) is 15.2. The van der Waals surface area contributed by atoms with E-state index in [2.05, 4.69) is 27.2 Å². The van der Waals surface area contributed by atoms with Gasteiger partial charge in [0.1, 0.15) is 12.3 Å². The minimum absolute atomic E-state index is 0.0775. The molecule has 2 heterocycles. The van der Waals surface area contributed by atoms with Crippen molar-refractivity contribution in [3.8, 4) is 0 Å². The van der Waals surface area contributed by atoms with Crippen LogP contribution in [0.2, 0.25) is 0 Å². The summed E-state index contributed by atoms with van der Waals surface area (Å²) in [7, 11) is 0. The summed E-state index contributed by atoms with van der Waals surface area (Å²) in [6.45, 7) is 5.64. The number of nitrogens with one attached hydrogen (secondary N) is 1. The zero-order chi connectivity index (χ0) is 20.1. The van der Waals surface area contributed by atoms with Gasteiger partial charge in [-0.15, -0.1) is 0 Å². The van der Waals surface area contributed by atoms with Gasteiger partial charge in [0.25, 0.3) is 5.56 Å². The summed E-state index contributed by atoms with van der Waals surface area (Å²) in [6, 6.07) is 0.0775. The van der Waals surface area contributed by atoms with E-state index in [-0.39, 0.29) is 22.9 Å². The van der Waals surface area contributed by atoms with Crippen molar-refractivity contribution in [1.29, 1.82) is 0 Å². The van der Waals surface area contributed by atoms with Crippen LogP contribution in [0.5, 0.6) is 0 Å². The number of aryl methyl sites for hydroxylation is 1. The number of aromatic nitrogens is 3. The van der Waals surface area contributed by atoms with Gasteiger partial charge in [-0.25, -0.2) is 4.98 Å². The monoisotopic (exact) mass is 381 g/mol. The fraction of sp³-hybridized carbons (Fsp3) is 0.476. The number of rotatable bonds is 7. The molecule has 28 heavy (non-hydrogen) atoms. The molecule has 0 bridgehead atoms. The minimum atomic E-state index is -0.239. The van der Waals surface area contributed by atoms with E-state index in [1.54, 1.807) is 23.9 Å². The van der Waals surface area contributed by atoms with Gasteiger partial charge in [0, 0.05) is 23.8 Å². The Morgan fingerprint density at radius 2 is 2.14 bits per heavy atom. The van der Waals surface area contributed by atoms with Gasteiger partial charge in [-0.3, -0.25) is 19.1 Å². The second-order valence-electron chi connectivity index (χ2n) is 7.10. The van der Waals surface area contributed by atoms with Crippen molar-refractivity contribution in [1.82, 2.24) is 14.5 Å². The number of nitrogens with zero attached hydrogens (tertiary/aromatic N) is 4. The molecule has 1 aliphatic rings. The molecule has 0 radical (unpaired) electrons. The van der Waals surface area contributed by atoms with E-state index in [0.717, 1.165) is 37.5 Å². The SMILES string of the molecule is CC/C=C\C=N/CNc1ncc2c(C)c(C(C)=O)c(=O)n(C3CCCC3)c2n1. The lowest BCUT2D eigenvalue weighted by Gasteiger charge is -2.19. The van der Waals surface area contributed by atoms with Gasteiger partial charge in [0.05, 0.1) is 5.56 Å². The van der Waals surface area contributed by atoms with Crippen LogP contribution < -0.4 is 10.9 Å². The predicted octanol–water partition coefficient (Wildman–Crippen LogP) is 3.82. The molecule has 2 aromatic heterocycles. The van der Waals surface area contributed by atoms with Crippen LogP contribution >= 0.6 is 0 Å². The number of anilines is 1. The molecular weight excluding hydrogens is 354 g/mol. The third-order valence-corrected chi connectivity index (χ3v) is 5.14. The van der Waals surface area contributed by atoms with Crippen molar-refractivity contribution in [3.05, 3.63) is 39.8 Å². The third-order valence-electron chi connectivity index (χ3n) is 5.14. The molecule has 2 aromatic rings. The molecule has 148 valence electrons. The van der Waals surface area contributed by atoms with Gasteiger partial charge >= 0.3 is 0 Å². The van der Waals surface area contributed by atoms with Crippen molar-refractivity contribution in [3.63, 3.8) is 0 Å². The van der Waals surface area contributed by atoms with Crippen molar-refractivity contribution in [2.24, 2.45) is 4.99 Å². The molecule has 0 aliphatic heterocycles. The molecule has 0 aromatic carbocycles. The summed E-state index contributed by atoms with van der Waals surface area (Å²) < 4.78 is 1.71. The second-order valence-corrected chi connectivity index (χ2v) is 7.10. The first-order chi connectivity index (χ1) is 13.5. The Morgan fingerprint density at radius 3 is 2.82 bits per heavy atom. The summed E-state index contributed by atoms with van der Waals surface area (Å²) in [5.41, 5.74) is 1.25. The van der Waals surface area contributed by atoms with E-state index < -0.39 is 0 Å². The molecule has 1 fully saturated rings. The average Bonchev–Trinajstić information content (AvgIpc) is 3.18. The number of ketones is 1. The first-order valence-electron chi connectivity index (χ1n) is 9.86. The number of carbonyl (C=O) groups is 1. The Labute approximate surface area is 164 Å². The van der Waals surface area contributed by atoms with E-state index in [1.807, 2.05) is 12.2 Å². The molecule has 0 saturated heterocycles. The van der Waals surface area contributed by atoms with Crippen molar-refractivity contribution in [2.45, 2.75) is 58.9 Å². The molecule has 0 amide bonds. The molecule has 7 nitrogen and oxygen atoms in total. The molecule has 1 aliphatic carbocycles. The van der Waals surface area contributed by atoms with Crippen molar-refractivity contribution in [2.75, 3.05) is 12.0 Å². The van der Waals surface area contributed by atoms with E-state index in [4.69, 9.17) is 0 Å². The number of pyridine rings is 1. The van der Waals surface area contributed by atoms with Crippen molar-refractivity contribution < 1.29 is 4.79 Å². The van der Waals surface area contributed by atoms with Crippen LogP contribution in [0, 0.1) is 6.92 Å². The van der Waals surface area contributed by atoms with Crippen molar-refractivity contribution >= 4 is 29.0 Å². The van der Waals surface area contributed by atoms with Gasteiger partial charge in [-0.2, -0.15) is 4.98 Å². The average molecular weight is 381 g/mol. The minimum Gasteiger partial charge on any atom is -0.335 e. The summed E-state index contributed by atoms with van der Waals surface area (Å²) >= 11 is 0. The van der Waals surface area contributed by atoms with Gasteiger partial charge in [0.2, 0.25) is 5.95 Å². The number of hydrogen-bond donors (Lipinski definition) is 1. The van der Waals surface area contributed by atoms with Gasteiger partial charge in [-0.1, -0.05) is 25.8 Å². The lowest BCUT2D eigenvalue weighted by atomic mass is 10.0. The van der Waals surface area contributed by atoms with E-state index in [1.165, 1.54) is 6.92 Å². The number of fused-ring (bicyclic) bond motifs is 1. The fourth-order valence-corrected chi connectivity index (χ4v) is 3.76. The number of allylic oxidation sites excluding steroid dienone is 2. The van der Waals surface area contributed by atoms with Crippen LogP contribution in [0.4, 0.5) is 5.95 Å². The molecule has 0 unspecified atom stereocenters. The van der Waals surface area contributed by atoms with Gasteiger partial charge < -0.3 is 5.32 Å². The molecule has 0 spiro atoms. The molecular formula is C21H27N5O2. The number of Topliss-reactive ketones (excluding diaryl/α,β-unsaturated/α-hetero) is 1. The lowest BCUT2D eigenvalue weighted by molar-refractivity contribution is 0.101. The van der Waals surface area contributed by atoms with E-state index in [9.17, 15) is 9.59 Å². The molecule has 1 N–H and O–H groups in total. The van der Waals surface area contributed by atoms with Crippen LogP contribution in [0.1, 0.15) is 67.9 Å². The summed E-state index contributed by atoms with van der Waals surface area (Å²) in [5, 5.41) is 3.82. The van der Waals surface area contributed by atoms with Crippen LogP contribution in [0.25, 0.3) is 11.0 Å². The Bertz CT molecular complexity index is 984. The Morgan fingerprint density at radius 1 is 1.39 bits per heavy atom. The second kappa shape index (κ2) is 8.91. The first kappa shape index (κ1) is 19.9. The highest BCUT2D eigenvalue weighted by atomic mass is 16.1. The smallest absolute Gasteiger partial charge is 0.263 e. The quantitative estimate of drug-likeness (QED) is 0.582. The Hall–Kier alpha value is -2.83. The largest absolute Gasteiger partial charge is 0.335 e. The topological polar surface area (TPSA) is 89.2 Å². The maximum absolute atomic E-state index is 13.1. The van der Waals surface area contributed by atoms with Crippen LogP contribution in [0.3, 0.4) is 0 Å². The molecule has 1 saturated carbocycles. The van der Waals surface area contributed by atoms with Gasteiger partial charge in [-0.05, 0) is 44.7 Å². The van der Waals surface area contributed by atoms with Crippen LogP contribution in [0.15, 0.2) is 28.1 Å². The standard InChI is InChI=1S/C21H27N5O2/c1-4-5-8-11-22-13-24-21-23-12-17-14(2)18(15(3)27)20(28)26(19(17)25-21)16-9-6-7-10-16/h5,8,11-12,16H,4,6-7,9-10,13H2,1-3H3,(H,23,24,25)/b8-5-,22-11-. The summed E-state index contributed by atoms with van der Waals surface area (Å²) in [4.78, 5) is 38.5. The maximum atomic E-state index is 13.1. The third kappa shape index (κ3) is 4.03. The van der Waals surface area contributed by atoms with Gasteiger partial charge in [0.15, 0.2) is 5.78 Å². The maximum Gasteiger partial charge on any atom is 0.263 e. The first-order valence-corrected chi connectivity index (χ1v) is 9.86. The molecule has 3 rings (SSSR count). The Balaban J connectivity index is 2.03. The highest BCUT2D eigenvalue weighted by Crippen LogP contribution is 2.31. The zero-order valence-corrected chi connectivity index (χ0v) is 16.7. The lowest BCUT2D eigenvalue weighted by Crippen LogP contribution is -2.30. The number of carbonyl (C=O) groups excluding carboxylic acids is 1. The Kier molecular flexibility index (Phi) is 6.34. The fourth-order valence-electron chi connectivity index (χ4n) is 3.76. The molecule has 0 atom stereocenters. The number of aliphatic imine (C=N–C) groups is 1. The predicted molar refractivity (Wildman–Crippen MR) is 112 cm³/mol. The summed E-state index contributed by atoms with van der Waals surface area (Å²) in [5.74, 6) is 0.207. The zero-order valence-electron chi connectivity index (χ0n) is 16.7.